The van der Waals surface area contributed by atoms with E-state index < -0.39 is 11.6 Å². The van der Waals surface area contributed by atoms with Gasteiger partial charge in [-0.2, -0.15) is 0 Å². The summed E-state index contributed by atoms with van der Waals surface area (Å²) in [5.74, 6) is -0.889. The Kier molecular flexibility index (Phi) is 4.77. The fourth-order valence-corrected chi connectivity index (χ4v) is 4.22. The lowest BCUT2D eigenvalue weighted by Crippen LogP contribution is -2.43. The third kappa shape index (κ3) is 3.88. The van der Waals surface area contributed by atoms with Crippen molar-refractivity contribution in [3.05, 3.63) is 65.5 Å². The van der Waals surface area contributed by atoms with Crippen LogP contribution in [0.4, 0.5) is 8.78 Å². The van der Waals surface area contributed by atoms with Gasteiger partial charge >= 0.3 is 0 Å². The van der Waals surface area contributed by atoms with Gasteiger partial charge in [0.15, 0.2) is 11.6 Å². The van der Waals surface area contributed by atoms with Crippen molar-refractivity contribution in [2.45, 2.75) is 32.0 Å². The lowest BCUT2D eigenvalue weighted by atomic mass is 9.94. The summed E-state index contributed by atoms with van der Waals surface area (Å²) in [6.45, 7) is 4.78. The molecule has 0 amide bonds. The second kappa shape index (κ2) is 7.18. The summed E-state index contributed by atoms with van der Waals surface area (Å²) >= 11 is 0. The smallest absolute Gasteiger partial charge is 0.159 e. The van der Waals surface area contributed by atoms with Crippen molar-refractivity contribution < 1.29 is 8.78 Å². The molecule has 5 rings (SSSR count). The Bertz CT molecular complexity index is 722. The van der Waals surface area contributed by atoms with Gasteiger partial charge in [-0.1, -0.05) is 12.1 Å². The third-order valence-electron chi connectivity index (χ3n) is 5.40. The highest BCUT2D eigenvalue weighted by Gasteiger charge is 2.34. The summed E-state index contributed by atoms with van der Waals surface area (Å²) in [5, 5.41) is 0. The van der Waals surface area contributed by atoms with Crippen LogP contribution < -0.4 is 0 Å². The Balaban J connectivity index is 1.45. The molecule has 132 valence electrons. The average molecular weight is 343 g/mol. The van der Waals surface area contributed by atoms with E-state index in [9.17, 15) is 8.78 Å². The molecule has 3 fully saturated rings. The Hall–Kier alpha value is -1.85. The molecule has 3 aliphatic heterocycles. The minimum absolute atomic E-state index is 0.475. The van der Waals surface area contributed by atoms with E-state index in [1.807, 2.05) is 12.3 Å². The number of hydrogen-bond acceptors (Lipinski definition) is 3. The average Bonchev–Trinajstić information content (AvgIpc) is 2.89. The second-order valence-electron chi connectivity index (χ2n) is 7.33. The summed E-state index contributed by atoms with van der Waals surface area (Å²) in [4.78, 5) is 9.18. The summed E-state index contributed by atoms with van der Waals surface area (Å²) < 4.78 is 26.6. The number of hydrogen-bond donors (Lipinski definition) is 0. The van der Waals surface area contributed by atoms with Crippen LogP contribution in [0.25, 0.3) is 0 Å². The molecule has 0 saturated carbocycles. The Labute approximate surface area is 147 Å². The SMILES string of the molecule is Fc1ccc(CN2CC3CCC2CN(Cc2cccnc2)C3)cc1F. The van der Waals surface area contributed by atoms with Gasteiger partial charge in [0, 0.05) is 51.2 Å². The number of aromatic nitrogens is 1. The van der Waals surface area contributed by atoms with E-state index in [0.717, 1.165) is 31.7 Å². The van der Waals surface area contributed by atoms with E-state index >= 15 is 0 Å². The maximum absolute atomic E-state index is 13.5. The zero-order valence-electron chi connectivity index (χ0n) is 14.2. The molecule has 1 aromatic heterocycles. The van der Waals surface area contributed by atoms with E-state index in [4.69, 9.17) is 0 Å². The van der Waals surface area contributed by atoms with Crippen LogP contribution in [0.5, 0.6) is 0 Å². The molecular formula is C20H23F2N3. The maximum atomic E-state index is 13.5. The first-order valence-electron chi connectivity index (χ1n) is 8.96. The molecule has 2 aromatic rings. The molecule has 3 saturated heterocycles. The van der Waals surface area contributed by atoms with Gasteiger partial charge < -0.3 is 0 Å². The predicted molar refractivity (Wildman–Crippen MR) is 92.8 cm³/mol. The lowest BCUT2D eigenvalue weighted by molar-refractivity contribution is 0.123. The summed E-state index contributed by atoms with van der Waals surface area (Å²) in [6.07, 6.45) is 6.17. The van der Waals surface area contributed by atoms with Gasteiger partial charge in [0.1, 0.15) is 0 Å². The molecule has 4 heterocycles. The third-order valence-corrected chi connectivity index (χ3v) is 5.40. The molecule has 0 aliphatic carbocycles. The molecule has 3 aliphatic rings. The number of benzene rings is 1. The zero-order chi connectivity index (χ0) is 17.2. The standard InChI is InChI=1S/C20H23F2N3/c21-19-6-4-15(8-20(19)22)12-25-13-17-3-5-18(25)14-24(11-17)10-16-2-1-7-23-9-16/h1-2,4,6-9,17-18H,3,5,10-14H2. The molecule has 0 N–H and O–H groups in total. The number of rotatable bonds is 4. The Morgan fingerprint density at radius 2 is 1.88 bits per heavy atom. The van der Waals surface area contributed by atoms with Gasteiger partial charge in [-0.25, -0.2) is 8.78 Å². The van der Waals surface area contributed by atoms with E-state index in [2.05, 4.69) is 20.9 Å². The quantitative estimate of drug-likeness (QED) is 0.848. The molecule has 0 radical (unpaired) electrons. The van der Waals surface area contributed by atoms with Gasteiger partial charge in [0.2, 0.25) is 0 Å². The van der Waals surface area contributed by atoms with E-state index in [1.165, 1.54) is 30.5 Å². The topological polar surface area (TPSA) is 19.4 Å². The first-order chi connectivity index (χ1) is 12.2. The first-order valence-corrected chi connectivity index (χ1v) is 8.96. The van der Waals surface area contributed by atoms with Crippen molar-refractivity contribution >= 4 is 0 Å². The van der Waals surface area contributed by atoms with Gasteiger partial charge in [0.25, 0.3) is 0 Å². The van der Waals surface area contributed by atoms with Crippen LogP contribution in [0.15, 0.2) is 42.7 Å². The molecule has 25 heavy (non-hydrogen) atoms. The van der Waals surface area contributed by atoms with Crippen molar-refractivity contribution in [2.24, 2.45) is 5.92 Å². The van der Waals surface area contributed by atoms with Crippen LogP contribution in [0, 0.1) is 17.6 Å². The summed E-state index contributed by atoms with van der Waals surface area (Å²) in [7, 11) is 0. The molecule has 0 spiro atoms. The summed E-state index contributed by atoms with van der Waals surface area (Å²) in [5.41, 5.74) is 2.10. The monoisotopic (exact) mass is 343 g/mol. The van der Waals surface area contributed by atoms with Crippen molar-refractivity contribution in [1.29, 1.82) is 0 Å². The van der Waals surface area contributed by atoms with Crippen LogP contribution in [0.3, 0.4) is 0 Å². The van der Waals surface area contributed by atoms with Gasteiger partial charge in [0.05, 0.1) is 0 Å². The van der Waals surface area contributed by atoms with Gasteiger partial charge in [-0.15, -0.1) is 0 Å². The Morgan fingerprint density at radius 1 is 0.960 bits per heavy atom. The highest BCUT2D eigenvalue weighted by Crippen LogP contribution is 2.30. The van der Waals surface area contributed by atoms with Crippen molar-refractivity contribution in [2.75, 3.05) is 19.6 Å². The van der Waals surface area contributed by atoms with Crippen molar-refractivity contribution in [1.82, 2.24) is 14.8 Å². The predicted octanol–water partition coefficient (Wildman–Crippen LogP) is 3.46. The van der Waals surface area contributed by atoms with Crippen molar-refractivity contribution in [3.63, 3.8) is 0 Å². The molecule has 5 heteroatoms. The highest BCUT2D eigenvalue weighted by molar-refractivity contribution is 5.18. The first kappa shape index (κ1) is 16.6. The van der Waals surface area contributed by atoms with Gasteiger partial charge in [-0.05, 0) is 48.1 Å². The number of pyridine rings is 1. The Morgan fingerprint density at radius 3 is 2.68 bits per heavy atom. The van der Waals surface area contributed by atoms with Crippen LogP contribution in [-0.2, 0) is 13.1 Å². The molecule has 1 aromatic carbocycles. The number of halogens is 2. The minimum Gasteiger partial charge on any atom is -0.297 e. The fourth-order valence-electron chi connectivity index (χ4n) is 4.22. The number of fused-ring (bicyclic) bond motifs is 4. The largest absolute Gasteiger partial charge is 0.297 e. The molecular weight excluding hydrogens is 320 g/mol. The second-order valence-corrected chi connectivity index (χ2v) is 7.33. The van der Waals surface area contributed by atoms with Crippen LogP contribution in [-0.4, -0.2) is 40.5 Å². The molecule has 3 nitrogen and oxygen atoms in total. The number of piperidine rings is 1. The normalized spacial score (nSPS) is 24.4. The van der Waals surface area contributed by atoms with E-state index in [1.54, 1.807) is 12.3 Å². The maximum Gasteiger partial charge on any atom is 0.159 e. The van der Waals surface area contributed by atoms with E-state index in [0.29, 0.717) is 18.5 Å². The highest BCUT2D eigenvalue weighted by atomic mass is 19.2. The lowest BCUT2D eigenvalue weighted by Gasteiger charge is -2.36. The molecule has 2 bridgehead atoms. The molecule has 2 unspecified atom stereocenters. The van der Waals surface area contributed by atoms with Crippen molar-refractivity contribution in [3.8, 4) is 0 Å². The summed E-state index contributed by atoms with van der Waals surface area (Å²) in [6, 6.07) is 8.85. The fraction of sp³-hybridized carbons (Fsp3) is 0.450. The van der Waals surface area contributed by atoms with Crippen LogP contribution >= 0.6 is 0 Å². The zero-order valence-corrected chi connectivity index (χ0v) is 14.2. The van der Waals surface area contributed by atoms with Crippen LogP contribution in [0.2, 0.25) is 0 Å². The molecule has 2 atom stereocenters. The minimum atomic E-state index is -0.774. The van der Waals surface area contributed by atoms with Gasteiger partial charge in [-0.3, -0.25) is 14.8 Å². The van der Waals surface area contributed by atoms with E-state index in [-0.39, 0.29) is 0 Å². The van der Waals surface area contributed by atoms with Crippen LogP contribution in [0.1, 0.15) is 24.0 Å². The number of nitrogens with zero attached hydrogens (tertiary/aromatic N) is 3.